The Kier molecular flexibility index (Phi) is 11.2. The zero-order valence-electron chi connectivity index (χ0n) is 19.3. The molecule has 12 heteroatoms. The van der Waals surface area contributed by atoms with Crippen LogP contribution in [0.1, 0.15) is 10.6 Å². The molecule has 0 amide bonds. The Morgan fingerprint density at radius 1 is 0.944 bits per heavy atom. The number of fused-ring (bicyclic) bond motifs is 2. The highest BCUT2D eigenvalue weighted by Gasteiger charge is 2.30. The Hall–Kier alpha value is -2.34. The van der Waals surface area contributed by atoms with Crippen LogP contribution >= 0.6 is 36.2 Å². The molecule has 0 radical (unpaired) electrons. The van der Waals surface area contributed by atoms with Gasteiger partial charge in [0.05, 0.1) is 15.8 Å². The van der Waals surface area contributed by atoms with E-state index in [-0.39, 0.29) is 42.4 Å². The minimum absolute atomic E-state index is 0. The Morgan fingerprint density at radius 2 is 1.67 bits per heavy atom. The predicted molar refractivity (Wildman–Crippen MR) is 144 cm³/mol. The summed E-state index contributed by atoms with van der Waals surface area (Å²) < 4.78 is 45.6. The third-order valence-corrected chi connectivity index (χ3v) is 6.81. The number of piperazine rings is 1. The second-order valence-corrected chi connectivity index (χ2v) is 9.14. The van der Waals surface area contributed by atoms with Gasteiger partial charge in [-0.3, -0.25) is 0 Å². The van der Waals surface area contributed by atoms with Crippen LogP contribution in [0.25, 0.3) is 21.0 Å². The van der Waals surface area contributed by atoms with Crippen molar-refractivity contribution < 1.29 is 28.9 Å². The molecule has 0 bridgehead atoms. The molecule has 1 aliphatic rings. The lowest BCUT2D eigenvalue weighted by atomic mass is 10.1. The summed E-state index contributed by atoms with van der Waals surface area (Å²) in [6.45, 7) is 4.22. The van der Waals surface area contributed by atoms with Crippen LogP contribution in [-0.2, 0) is 12.8 Å². The Bertz CT molecular complexity index is 1280. The number of thiazole rings is 1. The van der Waals surface area contributed by atoms with Crippen molar-refractivity contribution in [2.45, 2.75) is 12.8 Å². The average Bonchev–Trinajstić information content (AvgIpc) is 3.19. The number of benzene rings is 3. The lowest BCUT2D eigenvalue weighted by molar-refractivity contribution is -0.137. The third kappa shape index (κ3) is 6.70. The first kappa shape index (κ1) is 31.7. The number of likely N-dealkylation sites (N-methyl/N-ethyl adjacent to an activating group) is 1. The molecule has 1 aromatic heterocycles. The standard InChI is InChI=1S/C24H22F3N3OS.2ClH.2H2O/c1-29-9-11-30(12-10-29)21-4-2-3-16-5-7-18(14-19(16)21)31-15-23-28-20-13-17(24(25,26)27)6-8-22(20)32-23;;;;/h2-8,13-14H,9-12,15H2,1H3;2*1H;2*1H2. The summed E-state index contributed by atoms with van der Waals surface area (Å²) >= 11 is 1.35. The molecule has 5 rings (SSSR count). The van der Waals surface area contributed by atoms with E-state index in [9.17, 15) is 13.2 Å². The highest BCUT2D eigenvalue weighted by Crippen LogP contribution is 2.34. The fourth-order valence-corrected chi connectivity index (χ4v) is 4.87. The van der Waals surface area contributed by atoms with Crippen molar-refractivity contribution in [1.82, 2.24) is 9.88 Å². The van der Waals surface area contributed by atoms with Gasteiger partial charge in [-0.1, -0.05) is 18.2 Å². The Labute approximate surface area is 223 Å². The number of halogens is 5. The molecule has 6 nitrogen and oxygen atoms in total. The summed E-state index contributed by atoms with van der Waals surface area (Å²) in [7, 11) is 2.14. The minimum Gasteiger partial charge on any atom is -0.486 e. The van der Waals surface area contributed by atoms with Gasteiger partial charge in [0, 0.05) is 37.3 Å². The van der Waals surface area contributed by atoms with Gasteiger partial charge in [-0.2, -0.15) is 13.2 Å². The second-order valence-electron chi connectivity index (χ2n) is 8.03. The van der Waals surface area contributed by atoms with E-state index >= 15 is 0 Å². The molecule has 36 heavy (non-hydrogen) atoms. The first-order valence-electron chi connectivity index (χ1n) is 10.4. The fourth-order valence-electron chi connectivity index (χ4n) is 4.01. The van der Waals surface area contributed by atoms with Gasteiger partial charge in [0.1, 0.15) is 17.4 Å². The molecule has 2 heterocycles. The van der Waals surface area contributed by atoms with Crippen LogP contribution in [-0.4, -0.2) is 54.1 Å². The summed E-state index contributed by atoms with van der Waals surface area (Å²) in [5.41, 5.74) is 0.855. The molecule has 4 aromatic rings. The lowest BCUT2D eigenvalue weighted by Crippen LogP contribution is -2.44. The molecular weight excluding hydrogens is 538 g/mol. The first-order chi connectivity index (χ1) is 15.4. The van der Waals surface area contributed by atoms with E-state index in [1.807, 2.05) is 18.2 Å². The topological polar surface area (TPSA) is 91.6 Å². The van der Waals surface area contributed by atoms with Crippen LogP contribution in [0.5, 0.6) is 5.75 Å². The van der Waals surface area contributed by atoms with E-state index in [1.54, 1.807) is 0 Å². The number of aromatic nitrogens is 1. The average molecular weight is 566 g/mol. The van der Waals surface area contributed by atoms with Gasteiger partial charge in [0.25, 0.3) is 0 Å². The van der Waals surface area contributed by atoms with Crippen molar-refractivity contribution in [3.63, 3.8) is 0 Å². The van der Waals surface area contributed by atoms with E-state index < -0.39 is 11.7 Å². The maximum atomic E-state index is 13.0. The molecule has 0 aliphatic carbocycles. The van der Waals surface area contributed by atoms with Crippen molar-refractivity contribution >= 4 is 62.8 Å². The highest BCUT2D eigenvalue weighted by atomic mass is 35.5. The molecule has 0 saturated carbocycles. The SMILES string of the molecule is CN1CCN(c2cccc3ccc(OCc4nc5cc(C(F)(F)F)ccc5s4)cc23)CC1.Cl.Cl.O.O. The van der Waals surface area contributed by atoms with Gasteiger partial charge in [-0.15, -0.1) is 36.2 Å². The van der Waals surface area contributed by atoms with Gasteiger partial charge in [0.2, 0.25) is 0 Å². The number of anilines is 1. The normalized spacial score (nSPS) is 13.8. The molecule has 0 spiro atoms. The largest absolute Gasteiger partial charge is 0.486 e. The quantitative estimate of drug-likeness (QED) is 0.348. The summed E-state index contributed by atoms with van der Waals surface area (Å²) in [6, 6.07) is 16.0. The zero-order valence-corrected chi connectivity index (χ0v) is 21.8. The predicted octanol–water partition coefficient (Wildman–Crippen LogP) is 4.99. The van der Waals surface area contributed by atoms with Gasteiger partial charge in [0.15, 0.2) is 0 Å². The third-order valence-electron chi connectivity index (χ3n) is 5.80. The van der Waals surface area contributed by atoms with Crippen LogP contribution in [0.15, 0.2) is 54.6 Å². The smallest absolute Gasteiger partial charge is 0.416 e. The molecule has 4 N–H and O–H groups in total. The maximum Gasteiger partial charge on any atom is 0.416 e. The molecule has 1 saturated heterocycles. The second kappa shape index (κ2) is 12.8. The molecule has 0 unspecified atom stereocenters. The van der Waals surface area contributed by atoms with E-state index in [1.165, 1.54) is 23.1 Å². The number of hydrogen-bond donors (Lipinski definition) is 0. The molecular formula is C24H28Cl2F3N3O3S. The molecule has 1 aliphatic heterocycles. The van der Waals surface area contributed by atoms with Gasteiger partial charge in [-0.25, -0.2) is 4.98 Å². The van der Waals surface area contributed by atoms with Crippen LogP contribution < -0.4 is 9.64 Å². The van der Waals surface area contributed by atoms with E-state index in [0.29, 0.717) is 21.0 Å². The number of ether oxygens (including phenoxy) is 1. The van der Waals surface area contributed by atoms with E-state index in [0.717, 1.165) is 49.1 Å². The summed E-state index contributed by atoms with van der Waals surface area (Å²) in [5, 5.41) is 2.92. The van der Waals surface area contributed by atoms with Gasteiger partial charge in [-0.05, 0) is 48.8 Å². The zero-order chi connectivity index (χ0) is 22.3. The number of nitrogens with zero attached hydrogens (tertiary/aromatic N) is 3. The maximum absolute atomic E-state index is 13.0. The Morgan fingerprint density at radius 3 is 2.36 bits per heavy atom. The van der Waals surface area contributed by atoms with Crippen molar-refractivity contribution in [2.75, 3.05) is 38.1 Å². The molecule has 1 fully saturated rings. The van der Waals surface area contributed by atoms with Crippen LogP contribution in [0.2, 0.25) is 0 Å². The van der Waals surface area contributed by atoms with Gasteiger partial charge >= 0.3 is 6.18 Å². The van der Waals surface area contributed by atoms with E-state index in [4.69, 9.17) is 4.74 Å². The Balaban J connectivity index is 0.00000162. The molecule has 0 atom stereocenters. The lowest BCUT2D eigenvalue weighted by Gasteiger charge is -2.34. The van der Waals surface area contributed by atoms with Gasteiger partial charge < -0.3 is 25.5 Å². The molecule has 3 aromatic carbocycles. The fraction of sp³-hybridized carbons (Fsp3) is 0.292. The number of alkyl halides is 3. The van der Waals surface area contributed by atoms with Crippen LogP contribution in [0.4, 0.5) is 18.9 Å². The highest BCUT2D eigenvalue weighted by molar-refractivity contribution is 7.18. The van der Waals surface area contributed by atoms with Crippen molar-refractivity contribution in [3.8, 4) is 5.75 Å². The number of rotatable bonds is 4. The first-order valence-corrected chi connectivity index (χ1v) is 11.2. The monoisotopic (exact) mass is 565 g/mol. The van der Waals surface area contributed by atoms with E-state index in [2.05, 4.69) is 40.0 Å². The summed E-state index contributed by atoms with van der Waals surface area (Å²) in [5.74, 6) is 0.717. The summed E-state index contributed by atoms with van der Waals surface area (Å²) in [4.78, 5) is 9.07. The van der Waals surface area contributed by atoms with Crippen LogP contribution in [0, 0.1) is 0 Å². The number of hydrogen-bond acceptors (Lipinski definition) is 5. The minimum atomic E-state index is -4.37. The summed E-state index contributed by atoms with van der Waals surface area (Å²) in [6.07, 6.45) is -4.37. The van der Waals surface area contributed by atoms with Crippen molar-refractivity contribution in [3.05, 3.63) is 65.2 Å². The van der Waals surface area contributed by atoms with Crippen molar-refractivity contribution in [1.29, 1.82) is 0 Å². The van der Waals surface area contributed by atoms with Crippen LogP contribution in [0.3, 0.4) is 0 Å². The van der Waals surface area contributed by atoms with Crippen molar-refractivity contribution in [2.24, 2.45) is 0 Å². The molecule has 198 valence electrons.